The first-order valence-electron chi connectivity index (χ1n) is 7.80. The predicted molar refractivity (Wildman–Crippen MR) is 90.9 cm³/mol. The van der Waals surface area contributed by atoms with Crippen molar-refractivity contribution in [2.75, 3.05) is 6.61 Å². The number of nitrogens with one attached hydrogen (secondary N) is 1. The minimum Gasteiger partial charge on any atom is -0.452 e. The molecule has 3 atom stereocenters. The highest BCUT2D eigenvalue weighted by molar-refractivity contribution is 6.36. The van der Waals surface area contributed by atoms with Crippen molar-refractivity contribution in [3.05, 3.63) is 33.8 Å². The molecule has 1 aliphatic rings. The van der Waals surface area contributed by atoms with Gasteiger partial charge in [-0.25, -0.2) is 4.79 Å². The molecule has 0 spiro atoms. The maximum absolute atomic E-state index is 12.0. The van der Waals surface area contributed by atoms with E-state index in [0.29, 0.717) is 16.9 Å². The van der Waals surface area contributed by atoms with Gasteiger partial charge in [0.05, 0.1) is 10.6 Å². The minimum atomic E-state index is -0.633. The molecule has 1 saturated carbocycles. The molecule has 1 N–H and O–H groups in total. The van der Waals surface area contributed by atoms with Gasteiger partial charge in [0.15, 0.2) is 6.61 Å². The van der Waals surface area contributed by atoms with Crippen LogP contribution in [0.2, 0.25) is 10.0 Å². The van der Waals surface area contributed by atoms with Crippen LogP contribution in [0.15, 0.2) is 18.2 Å². The highest BCUT2D eigenvalue weighted by Crippen LogP contribution is 2.29. The zero-order valence-corrected chi connectivity index (χ0v) is 14.8. The normalized spacial score (nSPS) is 24.1. The van der Waals surface area contributed by atoms with Crippen molar-refractivity contribution in [2.24, 2.45) is 11.8 Å². The van der Waals surface area contributed by atoms with E-state index in [4.69, 9.17) is 27.9 Å². The second-order valence-corrected chi connectivity index (χ2v) is 6.99. The van der Waals surface area contributed by atoms with Gasteiger partial charge >= 0.3 is 5.97 Å². The van der Waals surface area contributed by atoms with E-state index in [1.165, 1.54) is 18.6 Å². The molecule has 0 saturated heterocycles. The van der Waals surface area contributed by atoms with Gasteiger partial charge in [0.25, 0.3) is 5.91 Å². The number of ether oxygens (including phenoxy) is 1. The number of esters is 1. The van der Waals surface area contributed by atoms with Crippen LogP contribution in [0.5, 0.6) is 0 Å². The number of amides is 1. The average Bonchev–Trinajstić information content (AvgIpc) is 2.49. The van der Waals surface area contributed by atoms with Crippen LogP contribution < -0.4 is 5.32 Å². The minimum absolute atomic E-state index is 0.143. The summed E-state index contributed by atoms with van der Waals surface area (Å²) in [4.78, 5) is 24.0. The van der Waals surface area contributed by atoms with E-state index in [1.807, 2.05) is 0 Å². The number of halogens is 2. The molecule has 1 aromatic carbocycles. The van der Waals surface area contributed by atoms with Crippen LogP contribution in [0, 0.1) is 11.8 Å². The number of rotatable bonds is 4. The Morgan fingerprint density at radius 2 is 2.00 bits per heavy atom. The molecular formula is C17H21Cl2NO3. The van der Waals surface area contributed by atoms with E-state index in [9.17, 15) is 9.59 Å². The summed E-state index contributed by atoms with van der Waals surface area (Å²) in [5.41, 5.74) is 0.198. The van der Waals surface area contributed by atoms with Crippen LogP contribution in [-0.4, -0.2) is 24.5 Å². The van der Waals surface area contributed by atoms with E-state index in [1.54, 1.807) is 6.07 Å². The van der Waals surface area contributed by atoms with Gasteiger partial charge in [-0.1, -0.05) is 49.9 Å². The van der Waals surface area contributed by atoms with Crippen LogP contribution in [0.1, 0.15) is 43.5 Å². The van der Waals surface area contributed by atoms with Gasteiger partial charge in [0.2, 0.25) is 0 Å². The molecule has 126 valence electrons. The molecule has 0 bridgehead atoms. The molecular weight excluding hydrogens is 337 g/mol. The number of hydrogen-bond donors (Lipinski definition) is 1. The summed E-state index contributed by atoms with van der Waals surface area (Å²) in [6.45, 7) is 4.04. The summed E-state index contributed by atoms with van der Waals surface area (Å²) in [6.07, 6.45) is 3.27. The van der Waals surface area contributed by atoms with Gasteiger partial charge in [0.1, 0.15) is 0 Å². The van der Waals surface area contributed by atoms with Crippen molar-refractivity contribution in [1.82, 2.24) is 5.32 Å². The molecule has 0 aromatic heterocycles. The third-order valence-corrected chi connectivity index (χ3v) is 5.09. The van der Waals surface area contributed by atoms with E-state index < -0.39 is 5.97 Å². The fourth-order valence-electron chi connectivity index (χ4n) is 2.90. The number of carbonyl (C=O) groups is 2. The van der Waals surface area contributed by atoms with E-state index >= 15 is 0 Å². The fraction of sp³-hybridized carbons (Fsp3) is 0.529. The highest BCUT2D eigenvalue weighted by Gasteiger charge is 2.28. The lowest BCUT2D eigenvalue weighted by Gasteiger charge is -2.34. The second-order valence-electron chi connectivity index (χ2n) is 6.14. The van der Waals surface area contributed by atoms with E-state index in [-0.39, 0.29) is 29.1 Å². The first-order chi connectivity index (χ1) is 10.9. The van der Waals surface area contributed by atoms with Gasteiger partial charge in [0, 0.05) is 11.1 Å². The number of benzene rings is 1. The Labute approximate surface area is 146 Å². The third-order valence-electron chi connectivity index (χ3n) is 4.54. The quantitative estimate of drug-likeness (QED) is 0.825. The Bertz CT molecular complexity index is 591. The zero-order chi connectivity index (χ0) is 17.0. The van der Waals surface area contributed by atoms with Crippen molar-refractivity contribution >= 4 is 35.1 Å². The highest BCUT2D eigenvalue weighted by atomic mass is 35.5. The molecule has 4 nitrogen and oxygen atoms in total. The Balaban J connectivity index is 1.85. The maximum atomic E-state index is 12.0. The van der Waals surface area contributed by atoms with Gasteiger partial charge in [-0.05, 0) is 36.5 Å². The van der Waals surface area contributed by atoms with Crippen LogP contribution in [-0.2, 0) is 9.53 Å². The van der Waals surface area contributed by atoms with Gasteiger partial charge < -0.3 is 10.1 Å². The monoisotopic (exact) mass is 357 g/mol. The van der Waals surface area contributed by atoms with Crippen molar-refractivity contribution in [3.8, 4) is 0 Å². The van der Waals surface area contributed by atoms with Gasteiger partial charge in [-0.2, -0.15) is 0 Å². The van der Waals surface area contributed by atoms with Crippen LogP contribution >= 0.6 is 23.2 Å². The molecule has 6 heteroatoms. The Kier molecular flexibility index (Phi) is 6.31. The van der Waals surface area contributed by atoms with Crippen molar-refractivity contribution in [3.63, 3.8) is 0 Å². The molecule has 2 rings (SSSR count). The number of carbonyl (C=O) groups excluding carboxylic acids is 2. The second kappa shape index (κ2) is 8.02. The SMILES string of the molecule is C[C@@H]1[C@H](C)CCC[C@H]1NC(=O)COC(=O)c1ccc(Cl)cc1Cl. The van der Waals surface area contributed by atoms with Crippen LogP contribution in [0.25, 0.3) is 0 Å². The first-order valence-corrected chi connectivity index (χ1v) is 8.55. The smallest absolute Gasteiger partial charge is 0.340 e. The van der Waals surface area contributed by atoms with Crippen molar-refractivity contribution in [1.29, 1.82) is 0 Å². The Hall–Kier alpha value is -1.26. The molecule has 0 radical (unpaired) electrons. The summed E-state index contributed by atoms with van der Waals surface area (Å²) in [5, 5.41) is 3.60. The standard InChI is InChI=1S/C17H21Cl2NO3/c1-10-4-3-5-15(11(10)2)20-16(21)9-23-17(22)13-7-6-12(18)8-14(13)19/h6-8,10-11,15H,3-5,9H2,1-2H3,(H,20,21)/t10-,11-,15-/m1/s1. The molecule has 0 heterocycles. The maximum Gasteiger partial charge on any atom is 0.340 e. The number of hydrogen-bond acceptors (Lipinski definition) is 3. The lowest BCUT2D eigenvalue weighted by Crippen LogP contribution is -2.45. The fourth-order valence-corrected chi connectivity index (χ4v) is 3.38. The Morgan fingerprint density at radius 1 is 1.26 bits per heavy atom. The summed E-state index contributed by atoms with van der Waals surface area (Å²) >= 11 is 11.7. The molecule has 0 unspecified atom stereocenters. The summed E-state index contributed by atoms with van der Waals surface area (Å²) < 4.78 is 5.04. The first kappa shape index (κ1) is 18.1. The van der Waals surface area contributed by atoms with Crippen LogP contribution in [0.3, 0.4) is 0 Å². The van der Waals surface area contributed by atoms with E-state index in [2.05, 4.69) is 19.2 Å². The summed E-state index contributed by atoms with van der Waals surface area (Å²) in [5.74, 6) is 0.0971. The molecule has 1 amide bonds. The third kappa shape index (κ3) is 4.85. The van der Waals surface area contributed by atoms with E-state index in [0.717, 1.165) is 12.8 Å². The zero-order valence-electron chi connectivity index (χ0n) is 13.3. The van der Waals surface area contributed by atoms with Gasteiger partial charge in [-0.3, -0.25) is 4.79 Å². The Morgan fingerprint density at radius 3 is 2.70 bits per heavy atom. The molecule has 0 aliphatic heterocycles. The molecule has 1 aromatic rings. The molecule has 1 aliphatic carbocycles. The predicted octanol–water partition coefficient (Wildman–Crippen LogP) is 4.09. The van der Waals surface area contributed by atoms with Crippen molar-refractivity contribution in [2.45, 2.75) is 39.2 Å². The average molecular weight is 358 g/mol. The lowest BCUT2D eigenvalue weighted by atomic mass is 9.78. The van der Waals surface area contributed by atoms with Crippen LogP contribution in [0.4, 0.5) is 0 Å². The summed E-state index contributed by atoms with van der Waals surface area (Å²) in [7, 11) is 0. The topological polar surface area (TPSA) is 55.4 Å². The summed E-state index contributed by atoms with van der Waals surface area (Å²) in [6, 6.07) is 4.64. The molecule has 23 heavy (non-hydrogen) atoms. The van der Waals surface area contributed by atoms with Crippen molar-refractivity contribution < 1.29 is 14.3 Å². The van der Waals surface area contributed by atoms with Gasteiger partial charge in [-0.15, -0.1) is 0 Å². The largest absolute Gasteiger partial charge is 0.452 e. The molecule has 1 fully saturated rings. The lowest BCUT2D eigenvalue weighted by molar-refractivity contribution is -0.125.